The van der Waals surface area contributed by atoms with Gasteiger partial charge in [-0.05, 0) is 54.4 Å². The minimum Gasteiger partial charge on any atom is -0.484 e. The van der Waals surface area contributed by atoms with Crippen LogP contribution in [0, 0.1) is 0 Å². The second-order valence-electron chi connectivity index (χ2n) is 8.65. The molecule has 1 aliphatic rings. The normalized spacial score (nSPS) is 14.5. The zero-order chi connectivity index (χ0) is 23.8. The van der Waals surface area contributed by atoms with Crippen LogP contribution in [0.5, 0.6) is 5.75 Å². The molecule has 0 spiro atoms. The van der Waals surface area contributed by atoms with Crippen molar-refractivity contribution in [1.29, 1.82) is 0 Å². The Morgan fingerprint density at radius 1 is 0.765 bits per heavy atom. The highest BCUT2D eigenvalue weighted by Crippen LogP contribution is 2.15. The van der Waals surface area contributed by atoms with Crippen molar-refractivity contribution >= 4 is 17.4 Å². The number of hydrogen-bond acceptors (Lipinski definition) is 5. The molecule has 6 heteroatoms. The van der Waals surface area contributed by atoms with E-state index in [4.69, 9.17) is 4.74 Å². The van der Waals surface area contributed by atoms with Crippen molar-refractivity contribution in [1.82, 2.24) is 9.80 Å². The van der Waals surface area contributed by atoms with E-state index >= 15 is 0 Å². The van der Waals surface area contributed by atoms with Gasteiger partial charge in [-0.2, -0.15) is 0 Å². The van der Waals surface area contributed by atoms with Crippen molar-refractivity contribution < 1.29 is 14.3 Å². The van der Waals surface area contributed by atoms with Gasteiger partial charge in [-0.25, -0.2) is 0 Å². The summed E-state index contributed by atoms with van der Waals surface area (Å²) in [6.07, 6.45) is 0. The number of anilines is 1. The third-order valence-electron chi connectivity index (χ3n) is 5.99. The van der Waals surface area contributed by atoms with E-state index in [1.165, 1.54) is 18.1 Å². The SMILES string of the molecule is CC(=O)c1ccc(OCC(=O)Nc2ccc(CN3CCN(Cc4ccccc4)CC3)cc2)cc1. The maximum Gasteiger partial charge on any atom is 0.262 e. The first-order valence-corrected chi connectivity index (χ1v) is 11.7. The quantitative estimate of drug-likeness (QED) is 0.488. The fourth-order valence-electron chi connectivity index (χ4n) is 4.03. The lowest BCUT2D eigenvalue weighted by Gasteiger charge is -2.34. The van der Waals surface area contributed by atoms with Gasteiger partial charge in [0, 0.05) is 50.5 Å². The Morgan fingerprint density at radius 3 is 1.88 bits per heavy atom. The van der Waals surface area contributed by atoms with Gasteiger partial charge in [-0.1, -0.05) is 42.5 Å². The molecule has 0 bridgehead atoms. The maximum atomic E-state index is 12.2. The van der Waals surface area contributed by atoms with Gasteiger partial charge in [-0.3, -0.25) is 19.4 Å². The number of nitrogens with zero attached hydrogens (tertiary/aromatic N) is 2. The monoisotopic (exact) mass is 457 g/mol. The van der Waals surface area contributed by atoms with E-state index in [2.05, 4.69) is 57.6 Å². The fraction of sp³-hybridized carbons (Fsp3) is 0.286. The van der Waals surface area contributed by atoms with E-state index in [0.29, 0.717) is 11.3 Å². The van der Waals surface area contributed by atoms with Crippen molar-refractivity contribution in [2.75, 3.05) is 38.1 Å². The number of ketones is 1. The molecule has 3 aromatic rings. The number of ether oxygens (including phenoxy) is 1. The number of nitrogens with one attached hydrogen (secondary N) is 1. The van der Waals surface area contributed by atoms with Crippen LogP contribution >= 0.6 is 0 Å². The number of carbonyl (C=O) groups is 2. The van der Waals surface area contributed by atoms with Crippen molar-refractivity contribution in [3.63, 3.8) is 0 Å². The van der Waals surface area contributed by atoms with Crippen molar-refractivity contribution in [2.24, 2.45) is 0 Å². The van der Waals surface area contributed by atoms with Crippen LogP contribution in [0.25, 0.3) is 0 Å². The molecule has 4 rings (SSSR count). The van der Waals surface area contributed by atoms with Crippen molar-refractivity contribution in [3.05, 3.63) is 95.6 Å². The third kappa shape index (κ3) is 7.01. The van der Waals surface area contributed by atoms with Crippen LogP contribution in [-0.4, -0.2) is 54.3 Å². The highest BCUT2D eigenvalue weighted by Gasteiger charge is 2.17. The van der Waals surface area contributed by atoms with Gasteiger partial charge in [0.15, 0.2) is 12.4 Å². The predicted molar refractivity (Wildman–Crippen MR) is 134 cm³/mol. The zero-order valence-corrected chi connectivity index (χ0v) is 19.6. The molecule has 0 saturated carbocycles. The highest BCUT2D eigenvalue weighted by molar-refractivity contribution is 5.94. The first-order valence-electron chi connectivity index (χ1n) is 11.7. The van der Waals surface area contributed by atoms with Crippen LogP contribution in [-0.2, 0) is 17.9 Å². The Labute approximate surface area is 201 Å². The summed E-state index contributed by atoms with van der Waals surface area (Å²) in [5, 5.41) is 2.86. The summed E-state index contributed by atoms with van der Waals surface area (Å²) >= 11 is 0. The Balaban J connectivity index is 1.18. The number of Topliss-reactive ketones (excluding diaryl/α,β-unsaturated/α-hetero) is 1. The Bertz CT molecular complexity index is 1070. The van der Waals surface area contributed by atoms with E-state index < -0.39 is 0 Å². The molecule has 1 saturated heterocycles. The number of piperazine rings is 1. The van der Waals surface area contributed by atoms with E-state index in [9.17, 15) is 9.59 Å². The topological polar surface area (TPSA) is 61.9 Å². The predicted octanol–water partition coefficient (Wildman–Crippen LogP) is 4.22. The van der Waals surface area contributed by atoms with Gasteiger partial charge in [0.2, 0.25) is 0 Å². The number of hydrogen-bond donors (Lipinski definition) is 1. The molecular weight excluding hydrogens is 426 g/mol. The molecule has 3 aromatic carbocycles. The van der Waals surface area contributed by atoms with Gasteiger partial charge in [0.25, 0.3) is 5.91 Å². The molecule has 0 atom stereocenters. The van der Waals surface area contributed by atoms with Gasteiger partial charge < -0.3 is 10.1 Å². The van der Waals surface area contributed by atoms with E-state index in [1.807, 2.05) is 12.1 Å². The average molecular weight is 458 g/mol. The largest absolute Gasteiger partial charge is 0.484 e. The Hall–Kier alpha value is -3.48. The van der Waals surface area contributed by atoms with Gasteiger partial charge in [0.1, 0.15) is 5.75 Å². The second kappa shape index (κ2) is 11.6. The maximum absolute atomic E-state index is 12.2. The summed E-state index contributed by atoms with van der Waals surface area (Å²) in [5.74, 6) is 0.329. The van der Waals surface area contributed by atoms with Gasteiger partial charge in [0.05, 0.1) is 0 Å². The molecule has 1 fully saturated rings. The molecule has 0 unspecified atom stereocenters. The molecule has 1 aliphatic heterocycles. The van der Waals surface area contributed by atoms with Crippen LogP contribution in [0.1, 0.15) is 28.4 Å². The van der Waals surface area contributed by atoms with E-state index in [0.717, 1.165) is 45.0 Å². The Kier molecular flexibility index (Phi) is 8.07. The van der Waals surface area contributed by atoms with Crippen LogP contribution < -0.4 is 10.1 Å². The van der Waals surface area contributed by atoms with Crippen LogP contribution in [0.2, 0.25) is 0 Å². The summed E-state index contributed by atoms with van der Waals surface area (Å²) in [7, 11) is 0. The summed E-state index contributed by atoms with van der Waals surface area (Å²) in [6, 6.07) is 25.4. The van der Waals surface area contributed by atoms with Crippen LogP contribution in [0.3, 0.4) is 0 Å². The number of benzene rings is 3. The molecule has 6 nitrogen and oxygen atoms in total. The molecule has 176 valence electrons. The van der Waals surface area contributed by atoms with E-state index in [1.54, 1.807) is 24.3 Å². The minimum absolute atomic E-state index is 0.00180. The molecule has 1 N–H and O–H groups in total. The molecule has 34 heavy (non-hydrogen) atoms. The highest BCUT2D eigenvalue weighted by atomic mass is 16.5. The number of rotatable bonds is 9. The zero-order valence-electron chi connectivity index (χ0n) is 19.6. The summed E-state index contributed by atoms with van der Waals surface area (Å²) in [5.41, 5.74) is 3.96. The van der Waals surface area contributed by atoms with Gasteiger partial charge >= 0.3 is 0 Å². The first-order chi connectivity index (χ1) is 16.5. The molecule has 0 aromatic heterocycles. The van der Waals surface area contributed by atoms with Gasteiger partial charge in [-0.15, -0.1) is 0 Å². The Morgan fingerprint density at radius 2 is 1.32 bits per heavy atom. The summed E-state index contributed by atoms with van der Waals surface area (Å²) in [6.45, 7) is 7.59. The number of carbonyl (C=O) groups excluding carboxylic acids is 2. The van der Waals surface area contributed by atoms with Crippen molar-refractivity contribution in [3.8, 4) is 5.75 Å². The molecule has 0 aliphatic carbocycles. The third-order valence-corrected chi connectivity index (χ3v) is 5.99. The molecule has 0 radical (unpaired) electrons. The number of amides is 1. The fourth-order valence-corrected chi connectivity index (χ4v) is 4.03. The lowest BCUT2D eigenvalue weighted by Crippen LogP contribution is -2.45. The lowest BCUT2D eigenvalue weighted by molar-refractivity contribution is -0.118. The molecular formula is C28H31N3O3. The molecule has 1 amide bonds. The van der Waals surface area contributed by atoms with Crippen molar-refractivity contribution in [2.45, 2.75) is 20.0 Å². The summed E-state index contributed by atoms with van der Waals surface area (Å²) in [4.78, 5) is 28.5. The van der Waals surface area contributed by atoms with Crippen LogP contribution in [0.4, 0.5) is 5.69 Å². The molecule has 1 heterocycles. The lowest BCUT2D eigenvalue weighted by atomic mass is 10.1. The smallest absolute Gasteiger partial charge is 0.262 e. The average Bonchev–Trinajstić information content (AvgIpc) is 2.86. The minimum atomic E-state index is -0.224. The second-order valence-corrected chi connectivity index (χ2v) is 8.65. The first kappa shape index (κ1) is 23.7. The van der Waals surface area contributed by atoms with E-state index in [-0.39, 0.29) is 18.3 Å². The standard InChI is InChI=1S/C28H31N3O3/c1-22(32)25-9-13-27(14-10-25)34-21-28(33)29-26-11-7-24(8-12-26)20-31-17-15-30(16-18-31)19-23-5-3-2-4-6-23/h2-14H,15-21H2,1H3,(H,29,33). The summed E-state index contributed by atoms with van der Waals surface area (Å²) < 4.78 is 5.51. The van der Waals surface area contributed by atoms with Crippen LogP contribution in [0.15, 0.2) is 78.9 Å².